The number of aryl methyl sites for hydroxylation is 2. The molecule has 1 aromatic carbocycles. The van der Waals surface area contributed by atoms with Crippen LogP contribution in [0, 0.1) is 11.8 Å². The minimum absolute atomic E-state index is 0.448. The Morgan fingerprint density at radius 3 is 3.07 bits per heavy atom. The molecule has 15 heavy (non-hydrogen) atoms. The molecule has 0 unspecified atom stereocenters. The standard InChI is InChI=1S/C10H12N4O/c1-7-9-4-3-8(6-11-13-15)5-10(9)14(2)12-7/h3-5H,6H2,1-2H3,(H,11,15). The number of rotatable bonds is 3. The minimum Gasteiger partial charge on any atom is -0.269 e. The van der Waals surface area contributed by atoms with Gasteiger partial charge in [-0.2, -0.15) is 5.10 Å². The van der Waals surface area contributed by atoms with Gasteiger partial charge in [-0.15, -0.1) is 4.91 Å². The zero-order valence-corrected chi connectivity index (χ0v) is 8.69. The Bertz CT molecular complexity index is 503. The van der Waals surface area contributed by atoms with E-state index in [9.17, 15) is 4.91 Å². The number of fused-ring (bicyclic) bond motifs is 1. The van der Waals surface area contributed by atoms with Gasteiger partial charge in [0.1, 0.15) is 0 Å². The minimum atomic E-state index is 0.448. The first-order chi connectivity index (χ1) is 7.22. The van der Waals surface area contributed by atoms with E-state index in [2.05, 4.69) is 15.8 Å². The Kier molecular flexibility index (Phi) is 2.37. The van der Waals surface area contributed by atoms with Gasteiger partial charge < -0.3 is 0 Å². The monoisotopic (exact) mass is 204 g/mol. The predicted molar refractivity (Wildman–Crippen MR) is 58.1 cm³/mol. The number of benzene rings is 1. The van der Waals surface area contributed by atoms with Crippen molar-refractivity contribution in [3.05, 3.63) is 34.4 Å². The molecule has 0 atom stereocenters. The summed E-state index contributed by atoms with van der Waals surface area (Å²) in [4.78, 5) is 9.93. The maximum atomic E-state index is 9.93. The SMILES string of the molecule is Cc1nn(C)c2cc(CNN=O)ccc12. The van der Waals surface area contributed by atoms with Crippen molar-refractivity contribution >= 4 is 10.9 Å². The van der Waals surface area contributed by atoms with Gasteiger partial charge in [0.2, 0.25) is 0 Å². The zero-order valence-electron chi connectivity index (χ0n) is 8.69. The lowest BCUT2D eigenvalue weighted by atomic mass is 10.1. The van der Waals surface area contributed by atoms with E-state index < -0.39 is 0 Å². The molecule has 5 heteroatoms. The van der Waals surface area contributed by atoms with Crippen molar-refractivity contribution in [1.82, 2.24) is 15.2 Å². The van der Waals surface area contributed by atoms with Crippen LogP contribution in [0.5, 0.6) is 0 Å². The first kappa shape index (κ1) is 9.64. The van der Waals surface area contributed by atoms with Gasteiger partial charge in [0, 0.05) is 17.7 Å². The number of nitrogens with one attached hydrogen (secondary N) is 1. The fourth-order valence-electron chi connectivity index (χ4n) is 1.72. The second kappa shape index (κ2) is 3.68. The van der Waals surface area contributed by atoms with Gasteiger partial charge in [0.15, 0.2) is 0 Å². The molecule has 0 aliphatic heterocycles. The van der Waals surface area contributed by atoms with E-state index in [4.69, 9.17) is 0 Å². The summed E-state index contributed by atoms with van der Waals surface area (Å²) in [6.45, 7) is 2.43. The Morgan fingerprint density at radius 2 is 2.33 bits per heavy atom. The van der Waals surface area contributed by atoms with Crippen LogP contribution in [0.1, 0.15) is 11.3 Å². The molecular formula is C10H12N4O. The molecule has 5 nitrogen and oxygen atoms in total. The molecule has 0 aliphatic carbocycles. The van der Waals surface area contributed by atoms with Crippen molar-refractivity contribution in [3.8, 4) is 0 Å². The molecule has 0 bridgehead atoms. The summed E-state index contributed by atoms with van der Waals surface area (Å²) in [6.07, 6.45) is 0. The van der Waals surface area contributed by atoms with Crippen LogP contribution in [0.25, 0.3) is 10.9 Å². The summed E-state index contributed by atoms with van der Waals surface area (Å²) in [5.74, 6) is 0. The van der Waals surface area contributed by atoms with Crippen molar-refractivity contribution in [2.75, 3.05) is 0 Å². The predicted octanol–water partition coefficient (Wildman–Crippen LogP) is 1.65. The Hall–Kier alpha value is -1.91. The highest BCUT2D eigenvalue weighted by molar-refractivity contribution is 5.82. The third-order valence-corrected chi connectivity index (χ3v) is 2.45. The van der Waals surface area contributed by atoms with Gasteiger partial charge in [0.25, 0.3) is 0 Å². The average Bonchev–Trinajstić information content (AvgIpc) is 2.52. The third-order valence-electron chi connectivity index (χ3n) is 2.45. The molecule has 0 amide bonds. The van der Waals surface area contributed by atoms with Crippen molar-refractivity contribution in [3.63, 3.8) is 0 Å². The van der Waals surface area contributed by atoms with Crippen LogP contribution in [0.15, 0.2) is 23.5 Å². The second-order valence-electron chi connectivity index (χ2n) is 3.49. The molecule has 0 spiro atoms. The zero-order chi connectivity index (χ0) is 10.8. The van der Waals surface area contributed by atoms with Crippen molar-refractivity contribution in [1.29, 1.82) is 0 Å². The first-order valence-corrected chi connectivity index (χ1v) is 4.70. The molecule has 2 rings (SSSR count). The van der Waals surface area contributed by atoms with Crippen molar-refractivity contribution < 1.29 is 0 Å². The summed E-state index contributed by atoms with van der Waals surface area (Å²) in [5.41, 5.74) is 5.50. The van der Waals surface area contributed by atoms with Crippen LogP contribution < -0.4 is 5.43 Å². The fraction of sp³-hybridized carbons (Fsp3) is 0.300. The molecule has 1 heterocycles. The number of nitrogens with zero attached hydrogens (tertiary/aromatic N) is 3. The van der Waals surface area contributed by atoms with Gasteiger partial charge >= 0.3 is 0 Å². The van der Waals surface area contributed by atoms with E-state index in [-0.39, 0.29) is 0 Å². The number of hydrogen-bond donors (Lipinski definition) is 1. The summed E-state index contributed by atoms with van der Waals surface area (Å²) in [5, 5.41) is 8.08. The molecule has 2 aromatic rings. The molecule has 0 fully saturated rings. The molecule has 0 saturated carbocycles. The van der Waals surface area contributed by atoms with Crippen LogP contribution in [-0.2, 0) is 13.6 Å². The van der Waals surface area contributed by atoms with Gasteiger partial charge in [-0.3, -0.25) is 10.1 Å². The largest absolute Gasteiger partial charge is 0.269 e. The quantitative estimate of drug-likeness (QED) is 0.611. The van der Waals surface area contributed by atoms with Crippen LogP contribution in [0.4, 0.5) is 0 Å². The van der Waals surface area contributed by atoms with Crippen LogP contribution in [-0.4, -0.2) is 9.78 Å². The van der Waals surface area contributed by atoms with E-state index >= 15 is 0 Å². The molecule has 1 aromatic heterocycles. The molecular weight excluding hydrogens is 192 g/mol. The summed E-state index contributed by atoms with van der Waals surface area (Å²) in [6, 6.07) is 5.99. The summed E-state index contributed by atoms with van der Waals surface area (Å²) >= 11 is 0. The van der Waals surface area contributed by atoms with Gasteiger partial charge in [-0.05, 0) is 18.6 Å². The van der Waals surface area contributed by atoms with E-state index in [0.29, 0.717) is 6.54 Å². The normalized spacial score (nSPS) is 10.5. The highest BCUT2D eigenvalue weighted by Gasteiger charge is 2.04. The van der Waals surface area contributed by atoms with Crippen LogP contribution >= 0.6 is 0 Å². The topological polar surface area (TPSA) is 59.3 Å². The molecule has 0 aliphatic rings. The van der Waals surface area contributed by atoms with Crippen molar-refractivity contribution in [2.24, 2.45) is 12.3 Å². The highest BCUT2D eigenvalue weighted by Crippen LogP contribution is 2.18. The fourth-order valence-corrected chi connectivity index (χ4v) is 1.72. The van der Waals surface area contributed by atoms with Gasteiger partial charge in [0.05, 0.1) is 17.8 Å². The summed E-state index contributed by atoms with van der Waals surface area (Å²) < 4.78 is 1.84. The molecule has 0 radical (unpaired) electrons. The third kappa shape index (κ3) is 1.68. The van der Waals surface area contributed by atoms with Crippen LogP contribution in [0.2, 0.25) is 0 Å². The molecule has 1 N–H and O–H groups in total. The lowest BCUT2D eigenvalue weighted by Gasteiger charge is -2.00. The van der Waals surface area contributed by atoms with Crippen molar-refractivity contribution in [2.45, 2.75) is 13.5 Å². The number of nitroso groups, excluding NO2 is 1. The Morgan fingerprint density at radius 1 is 1.53 bits per heavy atom. The number of aromatic nitrogens is 2. The highest BCUT2D eigenvalue weighted by atomic mass is 16.3. The van der Waals surface area contributed by atoms with Gasteiger partial charge in [-0.1, -0.05) is 12.1 Å². The first-order valence-electron chi connectivity index (χ1n) is 4.70. The lowest BCUT2D eigenvalue weighted by Crippen LogP contribution is -2.03. The smallest absolute Gasteiger partial charge is 0.0685 e. The van der Waals surface area contributed by atoms with E-state index in [0.717, 1.165) is 22.2 Å². The lowest BCUT2D eigenvalue weighted by molar-refractivity contribution is 0.735. The second-order valence-corrected chi connectivity index (χ2v) is 3.49. The van der Waals surface area contributed by atoms with Crippen LogP contribution in [0.3, 0.4) is 0 Å². The maximum absolute atomic E-state index is 9.93. The molecule has 0 saturated heterocycles. The number of hydrogen-bond acceptors (Lipinski definition) is 3. The van der Waals surface area contributed by atoms with E-state index in [1.54, 1.807) is 0 Å². The maximum Gasteiger partial charge on any atom is 0.0685 e. The molecule has 78 valence electrons. The summed E-state index contributed by atoms with van der Waals surface area (Å²) in [7, 11) is 1.91. The van der Waals surface area contributed by atoms with Gasteiger partial charge in [-0.25, -0.2) is 0 Å². The van der Waals surface area contributed by atoms with E-state index in [1.807, 2.05) is 36.9 Å². The Labute approximate surface area is 87.0 Å². The average molecular weight is 204 g/mol. The Balaban J connectivity index is 2.45. The van der Waals surface area contributed by atoms with E-state index in [1.165, 1.54) is 0 Å².